The molecule has 38 heavy (non-hydrogen) atoms. The van der Waals surface area contributed by atoms with Gasteiger partial charge >= 0.3 is 12.3 Å². The van der Waals surface area contributed by atoms with Crippen LogP contribution in [0.3, 0.4) is 0 Å². The first-order valence-corrected chi connectivity index (χ1v) is 12.1. The van der Waals surface area contributed by atoms with Gasteiger partial charge in [-0.1, -0.05) is 26.0 Å². The highest BCUT2D eigenvalue weighted by atomic mass is 19.4. The Bertz CT molecular complexity index is 948. The third-order valence-corrected chi connectivity index (χ3v) is 5.66. The highest BCUT2D eigenvalue weighted by molar-refractivity contribution is 6.00. The molecule has 2 heterocycles. The van der Waals surface area contributed by atoms with Crippen LogP contribution in [0.1, 0.15) is 43.1 Å². The minimum atomic E-state index is -4.29. The lowest BCUT2D eigenvalue weighted by molar-refractivity contribution is -0.132. The van der Waals surface area contributed by atoms with Crippen molar-refractivity contribution in [3.8, 4) is 0 Å². The molecule has 0 aromatic carbocycles. The summed E-state index contributed by atoms with van der Waals surface area (Å²) < 4.78 is 38.1. The summed E-state index contributed by atoms with van der Waals surface area (Å²) in [5.74, 6) is -0.393. The van der Waals surface area contributed by atoms with Crippen molar-refractivity contribution in [1.29, 1.82) is 0 Å². The maximum Gasteiger partial charge on any atom is 0.410 e. The SMILES string of the molecule is C=CCOC(=O)N1CCN(C(C)(C)C(=O)NCC(=O)c2cncc(CCC)c2)CC1.O=CNCC(F)(F)F. The van der Waals surface area contributed by atoms with Crippen LogP contribution in [0.5, 0.6) is 0 Å². The fourth-order valence-corrected chi connectivity index (χ4v) is 3.51. The number of aryl methyl sites for hydroxylation is 1. The molecule has 13 heteroatoms. The van der Waals surface area contributed by atoms with E-state index in [2.05, 4.69) is 23.8 Å². The third kappa shape index (κ3) is 11.3. The Morgan fingerprint density at radius 3 is 2.34 bits per heavy atom. The molecule has 1 aromatic heterocycles. The molecule has 1 aliphatic rings. The van der Waals surface area contributed by atoms with Crippen molar-refractivity contribution in [3.05, 3.63) is 42.2 Å². The zero-order valence-corrected chi connectivity index (χ0v) is 22.0. The van der Waals surface area contributed by atoms with Gasteiger partial charge in [0.1, 0.15) is 13.2 Å². The van der Waals surface area contributed by atoms with Crippen molar-refractivity contribution in [2.24, 2.45) is 0 Å². The van der Waals surface area contributed by atoms with E-state index in [0.29, 0.717) is 31.7 Å². The Balaban J connectivity index is 0.000000781. The van der Waals surface area contributed by atoms with Gasteiger partial charge in [-0.2, -0.15) is 13.2 Å². The van der Waals surface area contributed by atoms with Crippen LogP contribution in [-0.2, 0) is 20.7 Å². The molecule has 212 valence electrons. The van der Waals surface area contributed by atoms with Crippen molar-refractivity contribution in [2.75, 3.05) is 45.9 Å². The van der Waals surface area contributed by atoms with E-state index in [4.69, 9.17) is 4.74 Å². The fourth-order valence-electron chi connectivity index (χ4n) is 3.51. The summed E-state index contributed by atoms with van der Waals surface area (Å²) in [5.41, 5.74) is 0.713. The van der Waals surface area contributed by atoms with Crippen molar-refractivity contribution < 1.29 is 37.1 Å². The van der Waals surface area contributed by atoms with Crippen LogP contribution in [0.2, 0.25) is 0 Å². The first-order valence-electron chi connectivity index (χ1n) is 12.1. The number of halogens is 3. The second kappa shape index (κ2) is 15.7. The summed E-state index contributed by atoms with van der Waals surface area (Å²) in [5, 5.41) is 4.24. The molecule has 0 saturated carbocycles. The second-order valence-electron chi connectivity index (χ2n) is 8.95. The number of rotatable bonds is 11. The molecule has 1 fully saturated rings. The van der Waals surface area contributed by atoms with E-state index < -0.39 is 18.3 Å². The molecule has 10 nitrogen and oxygen atoms in total. The topological polar surface area (TPSA) is 121 Å². The van der Waals surface area contributed by atoms with E-state index in [1.54, 1.807) is 11.1 Å². The van der Waals surface area contributed by atoms with Gasteiger partial charge in [-0.25, -0.2) is 4.79 Å². The van der Waals surface area contributed by atoms with Crippen LogP contribution < -0.4 is 10.6 Å². The third-order valence-electron chi connectivity index (χ3n) is 5.66. The monoisotopic (exact) mass is 543 g/mol. The first-order chi connectivity index (χ1) is 17.8. The minimum absolute atomic E-state index is 0.00743. The molecule has 1 saturated heterocycles. The predicted molar refractivity (Wildman–Crippen MR) is 134 cm³/mol. The van der Waals surface area contributed by atoms with Gasteiger partial charge in [-0.05, 0) is 31.9 Å². The summed E-state index contributed by atoms with van der Waals surface area (Å²) in [7, 11) is 0. The number of amides is 3. The summed E-state index contributed by atoms with van der Waals surface area (Å²) >= 11 is 0. The Labute approximate surface area is 220 Å². The average Bonchev–Trinajstić information content (AvgIpc) is 2.89. The number of alkyl halides is 3. The predicted octanol–water partition coefficient (Wildman–Crippen LogP) is 2.35. The summed E-state index contributed by atoms with van der Waals surface area (Å²) in [4.78, 5) is 54.2. The number of pyridine rings is 1. The zero-order valence-electron chi connectivity index (χ0n) is 22.0. The molecule has 0 unspecified atom stereocenters. The molecule has 0 atom stereocenters. The first kappa shape index (κ1) is 32.5. The Kier molecular flexibility index (Phi) is 13.4. The molecule has 0 spiro atoms. The van der Waals surface area contributed by atoms with Gasteiger partial charge in [0, 0.05) is 44.1 Å². The smallest absolute Gasteiger partial charge is 0.410 e. The quantitative estimate of drug-likeness (QED) is 0.250. The van der Waals surface area contributed by atoms with E-state index in [-0.39, 0.29) is 37.3 Å². The minimum Gasteiger partial charge on any atom is -0.445 e. The molecule has 1 aromatic rings. The van der Waals surface area contributed by atoms with E-state index in [9.17, 15) is 32.3 Å². The Hall–Kier alpha value is -3.48. The Morgan fingerprint density at radius 1 is 1.16 bits per heavy atom. The van der Waals surface area contributed by atoms with E-state index >= 15 is 0 Å². The van der Waals surface area contributed by atoms with E-state index in [0.717, 1.165) is 18.4 Å². The number of aromatic nitrogens is 1. The number of ketones is 1. The zero-order chi connectivity index (χ0) is 28.8. The number of carbonyl (C=O) groups is 4. The summed E-state index contributed by atoms with van der Waals surface area (Å²) in [6.45, 7) is 10.1. The number of nitrogens with one attached hydrogen (secondary N) is 2. The van der Waals surface area contributed by atoms with Gasteiger partial charge in [-0.3, -0.25) is 24.3 Å². The summed E-state index contributed by atoms with van der Waals surface area (Å²) in [6, 6.07) is 1.83. The number of Topliss-reactive ketones (excluding diaryl/α,β-unsaturated/α-hetero) is 1. The number of ether oxygens (including phenoxy) is 1. The van der Waals surface area contributed by atoms with Gasteiger partial charge in [0.15, 0.2) is 5.78 Å². The maximum absolute atomic E-state index is 12.8. The molecule has 1 aliphatic heterocycles. The van der Waals surface area contributed by atoms with Gasteiger partial charge in [0.2, 0.25) is 12.3 Å². The molecule has 0 radical (unpaired) electrons. The standard InChI is InChI=1S/C22H32N4O4.C3H4F3NO/c1-5-7-17-13-18(15-23-14-17)19(27)16-24-20(28)22(3,4)26-10-8-25(9-11-26)21(29)30-12-6-2;4-3(5,6)1-7-2-8/h6,13-15H,2,5,7-12,16H2,1,3-4H3,(H,24,28);2H,1H2,(H,7,8). The van der Waals surface area contributed by atoms with Crippen LogP contribution in [0.25, 0.3) is 0 Å². The number of carbonyl (C=O) groups excluding carboxylic acids is 4. The number of hydrogen-bond donors (Lipinski definition) is 2. The summed E-state index contributed by atoms with van der Waals surface area (Å²) in [6.07, 6.45) is 2.00. The molecular formula is C25H36F3N5O5. The fraction of sp³-hybridized carbons (Fsp3) is 0.560. The lowest BCUT2D eigenvalue weighted by Crippen LogP contribution is -2.61. The van der Waals surface area contributed by atoms with Crippen molar-refractivity contribution in [3.63, 3.8) is 0 Å². The molecule has 2 rings (SSSR count). The van der Waals surface area contributed by atoms with Gasteiger partial charge in [-0.15, -0.1) is 0 Å². The van der Waals surface area contributed by atoms with Crippen molar-refractivity contribution in [1.82, 2.24) is 25.4 Å². The van der Waals surface area contributed by atoms with Crippen molar-refractivity contribution >= 4 is 24.2 Å². The maximum atomic E-state index is 12.8. The molecule has 0 bridgehead atoms. The van der Waals surface area contributed by atoms with E-state index in [1.165, 1.54) is 17.6 Å². The Morgan fingerprint density at radius 2 is 1.82 bits per heavy atom. The van der Waals surface area contributed by atoms with Gasteiger partial charge < -0.3 is 20.3 Å². The van der Waals surface area contributed by atoms with Crippen LogP contribution in [-0.4, -0.2) is 96.6 Å². The number of hydrogen-bond acceptors (Lipinski definition) is 7. The lowest BCUT2D eigenvalue weighted by Gasteiger charge is -2.42. The van der Waals surface area contributed by atoms with Gasteiger partial charge in [0.05, 0.1) is 12.1 Å². The molecule has 2 N–H and O–H groups in total. The van der Waals surface area contributed by atoms with Crippen LogP contribution in [0, 0.1) is 0 Å². The second-order valence-corrected chi connectivity index (χ2v) is 8.95. The molecular weight excluding hydrogens is 507 g/mol. The normalized spacial score (nSPS) is 14.0. The molecule has 0 aliphatic carbocycles. The van der Waals surface area contributed by atoms with Crippen molar-refractivity contribution in [2.45, 2.75) is 45.3 Å². The van der Waals surface area contributed by atoms with Gasteiger partial charge in [0.25, 0.3) is 0 Å². The van der Waals surface area contributed by atoms with E-state index in [1.807, 2.05) is 24.8 Å². The van der Waals surface area contributed by atoms with Crippen LogP contribution in [0.4, 0.5) is 18.0 Å². The molecule has 3 amide bonds. The van der Waals surface area contributed by atoms with Crippen LogP contribution >= 0.6 is 0 Å². The van der Waals surface area contributed by atoms with Crippen LogP contribution in [0.15, 0.2) is 31.1 Å². The highest BCUT2D eigenvalue weighted by Crippen LogP contribution is 2.18. The average molecular weight is 544 g/mol. The largest absolute Gasteiger partial charge is 0.445 e. The highest BCUT2D eigenvalue weighted by Gasteiger charge is 2.37. The number of piperazine rings is 1. The lowest BCUT2D eigenvalue weighted by atomic mass is 10.00. The number of nitrogens with zero attached hydrogens (tertiary/aromatic N) is 3.